The third-order valence-corrected chi connectivity index (χ3v) is 2.73. The topological polar surface area (TPSA) is 0 Å². The van der Waals surface area contributed by atoms with Gasteiger partial charge in [0.1, 0.15) is 5.82 Å². The largest absolute Gasteiger partial charge is 0.206 e. The van der Waals surface area contributed by atoms with Gasteiger partial charge in [-0.3, -0.25) is 0 Å². The molecule has 2 radical (unpaired) electrons. The average Bonchev–Trinajstić information content (AvgIpc) is 2.34. The van der Waals surface area contributed by atoms with Crippen molar-refractivity contribution >= 4 is 21.5 Å². The maximum absolute atomic E-state index is 13.7. The van der Waals surface area contributed by atoms with Crippen molar-refractivity contribution in [3.8, 4) is 0 Å². The molecule has 3 heteroatoms. The van der Waals surface area contributed by atoms with Crippen molar-refractivity contribution in [1.29, 1.82) is 0 Å². The Kier molecular flexibility index (Phi) is 2.08. The summed E-state index contributed by atoms with van der Waals surface area (Å²) in [6.45, 7) is 0. The van der Waals surface area contributed by atoms with E-state index in [0.29, 0.717) is 10.8 Å². The quantitative estimate of drug-likeness (QED) is 0.512. The lowest BCUT2D eigenvalue weighted by molar-refractivity contribution is 0.516. The lowest BCUT2D eigenvalue weighted by Crippen LogP contribution is -1.90. The molecule has 0 nitrogen and oxygen atoms in total. The van der Waals surface area contributed by atoms with E-state index in [9.17, 15) is 13.2 Å². The van der Waals surface area contributed by atoms with Gasteiger partial charge in [0.25, 0.3) is 0 Å². The first kappa shape index (κ1) is 10.1. The number of benzene rings is 3. The van der Waals surface area contributed by atoms with Crippen molar-refractivity contribution < 1.29 is 13.2 Å². The molecule has 0 unspecified atom stereocenters. The molecule has 0 saturated heterocycles. The van der Waals surface area contributed by atoms with Crippen LogP contribution in [0.5, 0.6) is 0 Å². The molecule has 0 heterocycles. The Morgan fingerprint density at radius 2 is 1.82 bits per heavy atom. The molecule has 0 aliphatic carbocycles. The first-order chi connectivity index (χ1) is 8.18. The van der Waals surface area contributed by atoms with Gasteiger partial charge in [-0.1, -0.05) is 12.1 Å². The highest BCUT2D eigenvalue weighted by atomic mass is 19.2. The summed E-state index contributed by atoms with van der Waals surface area (Å²) in [6, 6.07) is 11.7. The highest BCUT2D eigenvalue weighted by Crippen LogP contribution is 2.30. The molecular formula is C14H5F3. The van der Waals surface area contributed by atoms with Crippen molar-refractivity contribution in [1.82, 2.24) is 0 Å². The highest BCUT2D eigenvalue weighted by Gasteiger charge is 2.13. The van der Waals surface area contributed by atoms with Crippen LogP contribution in [0.15, 0.2) is 30.3 Å². The molecule has 0 saturated carbocycles. The predicted molar refractivity (Wildman–Crippen MR) is 59.0 cm³/mol. The third kappa shape index (κ3) is 1.39. The van der Waals surface area contributed by atoms with Gasteiger partial charge in [0.05, 0.1) is 0 Å². The Bertz CT molecular complexity index is 732. The van der Waals surface area contributed by atoms with Crippen LogP contribution in [0.25, 0.3) is 21.5 Å². The summed E-state index contributed by atoms with van der Waals surface area (Å²) in [4.78, 5) is 0. The lowest BCUT2D eigenvalue weighted by atomic mass is 10.0. The van der Waals surface area contributed by atoms with Gasteiger partial charge < -0.3 is 0 Å². The Morgan fingerprint density at radius 1 is 1.00 bits per heavy atom. The second kappa shape index (κ2) is 3.48. The summed E-state index contributed by atoms with van der Waals surface area (Å²) in [5.74, 6) is -2.54. The minimum Gasteiger partial charge on any atom is -0.206 e. The first-order valence-electron chi connectivity index (χ1n) is 4.96. The summed E-state index contributed by atoms with van der Waals surface area (Å²) in [5.41, 5.74) is 0. The normalized spacial score (nSPS) is 11.2. The summed E-state index contributed by atoms with van der Waals surface area (Å²) in [5, 5.41) is 0.931. The highest BCUT2D eigenvalue weighted by molar-refractivity contribution is 6.07. The Morgan fingerprint density at radius 3 is 2.65 bits per heavy atom. The monoisotopic (exact) mass is 230 g/mol. The molecule has 0 aliphatic heterocycles. The standard InChI is InChI=1S/C14H5F3/c15-11-6-5-8-7-12(16)9-3-1-2-4-10(9)13(8)14(11)17/h2-5,7H. The zero-order valence-electron chi connectivity index (χ0n) is 8.52. The average molecular weight is 230 g/mol. The summed E-state index contributed by atoms with van der Waals surface area (Å²) < 4.78 is 40.6. The van der Waals surface area contributed by atoms with Gasteiger partial charge in [0.15, 0.2) is 11.6 Å². The van der Waals surface area contributed by atoms with Gasteiger partial charge in [0, 0.05) is 16.8 Å². The van der Waals surface area contributed by atoms with Crippen molar-refractivity contribution in [2.75, 3.05) is 0 Å². The van der Waals surface area contributed by atoms with E-state index >= 15 is 0 Å². The minimum atomic E-state index is -1.06. The van der Waals surface area contributed by atoms with Crippen molar-refractivity contribution in [3.63, 3.8) is 0 Å². The van der Waals surface area contributed by atoms with Crippen molar-refractivity contribution in [2.24, 2.45) is 0 Å². The number of fused-ring (bicyclic) bond motifs is 3. The molecule has 0 amide bonds. The van der Waals surface area contributed by atoms with Crippen LogP contribution in [0.3, 0.4) is 0 Å². The number of halogens is 3. The van der Waals surface area contributed by atoms with Gasteiger partial charge in [-0.2, -0.15) is 0 Å². The van der Waals surface area contributed by atoms with E-state index in [1.807, 2.05) is 0 Å². The maximum atomic E-state index is 13.7. The fourth-order valence-electron chi connectivity index (χ4n) is 1.96. The van der Waals surface area contributed by atoms with E-state index in [-0.39, 0.29) is 10.8 Å². The summed E-state index contributed by atoms with van der Waals surface area (Å²) >= 11 is 0. The van der Waals surface area contributed by atoms with Crippen LogP contribution in [-0.2, 0) is 0 Å². The smallest absolute Gasteiger partial charge is 0.167 e. The Hall–Kier alpha value is -2.03. The van der Waals surface area contributed by atoms with Crippen LogP contribution in [0.2, 0.25) is 0 Å². The summed E-state index contributed by atoms with van der Waals surface area (Å²) in [6.07, 6.45) is 0. The van der Waals surface area contributed by atoms with Crippen LogP contribution in [0, 0.1) is 29.6 Å². The van der Waals surface area contributed by atoms with E-state index in [0.717, 1.165) is 0 Å². The van der Waals surface area contributed by atoms with Gasteiger partial charge in [0.2, 0.25) is 0 Å². The molecule has 0 aliphatic rings. The molecule has 3 aromatic rings. The predicted octanol–water partition coefficient (Wildman–Crippen LogP) is 4.01. The van der Waals surface area contributed by atoms with Crippen LogP contribution >= 0.6 is 0 Å². The van der Waals surface area contributed by atoms with Crippen LogP contribution in [-0.4, -0.2) is 0 Å². The molecule has 0 atom stereocenters. The second-order valence-corrected chi connectivity index (χ2v) is 3.71. The zero-order chi connectivity index (χ0) is 12.0. The molecule has 17 heavy (non-hydrogen) atoms. The number of rotatable bonds is 0. The van der Waals surface area contributed by atoms with E-state index in [4.69, 9.17) is 0 Å². The number of hydrogen-bond acceptors (Lipinski definition) is 0. The van der Waals surface area contributed by atoms with E-state index in [1.54, 1.807) is 0 Å². The van der Waals surface area contributed by atoms with E-state index in [2.05, 4.69) is 12.1 Å². The summed E-state index contributed by atoms with van der Waals surface area (Å²) in [7, 11) is 0. The second-order valence-electron chi connectivity index (χ2n) is 3.71. The molecule has 3 rings (SSSR count). The number of hydrogen-bond donors (Lipinski definition) is 0. The molecule has 0 bridgehead atoms. The SMILES string of the molecule is Fc1[c]cc2cc(F)c3c[c]ccc3c2c1F. The van der Waals surface area contributed by atoms with Gasteiger partial charge in [-0.05, 0) is 35.0 Å². The van der Waals surface area contributed by atoms with Gasteiger partial charge in [-0.25, -0.2) is 13.2 Å². The zero-order valence-corrected chi connectivity index (χ0v) is 8.52. The maximum Gasteiger partial charge on any atom is 0.167 e. The molecule has 0 aromatic heterocycles. The van der Waals surface area contributed by atoms with E-state index < -0.39 is 17.5 Å². The Balaban J connectivity index is 2.66. The molecular weight excluding hydrogens is 225 g/mol. The van der Waals surface area contributed by atoms with Crippen LogP contribution in [0.1, 0.15) is 0 Å². The van der Waals surface area contributed by atoms with Gasteiger partial charge >= 0.3 is 0 Å². The molecule has 82 valence electrons. The van der Waals surface area contributed by atoms with Crippen LogP contribution in [0.4, 0.5) is 13.2 Å². The third-order valence-electron chi connectivity index (χ3n) is 2.73. The fraction of sp³-hybridized carbons (Fsp3) is 0. The molecule has 3 aromatic carbocycles. The van der Waals surface area contributed by atoms with E-state index in [1.165, 1.54) is 30.3 Å². The Labute approximate surface area is 95.3 Å². The van der Waals surface area contributed by atoms with Crippen molar-refractivity contribution in [2.45, 2.75) is 0 Å². The first-order valence-corrected chi connectivity index (χ1v) is 4.96. The lowest BCUT2D eigenvalue weighted by Gasteiger charge is -2.06. The van der Waals surface area contributed by atoms with Crippen molar-refractivity contribution in [3.05, 3.63) is 59.9 Å². The molecule has 0 fully saturated rings. The fourth-order valence-corrected chi connectivity index (χ4v) is 1.96. The minimum absolute atomic E-state index is 0.0756. The molecule has 0 spiro atoms. The van der Waals surface area contributed by atoms with Gasteiger partial charge in [-0.15, -0.1) is 0 Å². The molecule has 0 N–H and O–H groups in total. The van der Waals surface area contributed by atoms with Crippen LogP contribution < -0.4 is 0 Å².